The number of fused-ring (bicyclic) bond motifs is 15. The van der Waals surface area contributed by atoms with Gasteiger partial charge in [0.1, 0.15) is 0 Å². The molecule has 6 rings (SSSR count). The molecule has 1 aromatic rings. The predicted octanol–water partition coefficient (Wildman–Crippen LogP) is 3.76. The van der Waals surface area contributed by atoms with Gasteiger partial charge >= 0.3 is 0 Å². The Kier molecular flexibility index (Phi) is 2.67. The van der Waals surface area contributed by atoms with Crippen LogP contribution in [0.5, 0.6) is 0 Å². The monoisotopic (exact) mass is 320 g/mol. The quantitative estimate of drug-likeness (QED) is 0.773. The first-order valence-electron chi connectivity index (χ1n) is 9.36. The lowest BCUT2D eigenvalue weighted by Gasteiger charge is -2.41. The van der Waals surface area contributed by atoms with Gasteiger partial charge in [-0.15, -0.1) is 0 Å². The minimum absolute atomic E-state index is 0.369. The first-order valence-corrected chi connectivity index (χ1v) is 9.36. The standard InChI is InChI=1S/C22H24O2/c1-23-21-15-11-7-3-4-8-12(11)16(21)20-18-14-10-6-5-9-13(14)17(19(15)20)22(18)24-2/h3-12,15-22H,1-2H3/t11-,12+,15-,16+,17+,18-,19-,20+,21?,22?. The van der Waals surface area contributed by atoms with Crippen LogP contribution in [0.15, 0.2) is 48.6 Å². The van der Waals surface area contributed by atoms with Gasteiger partial charge in [-0.1, -0.05) is 48.6 Å². The number of methoxy groups -OCH3 is 2. The molecule has 0 aliphatic heterocycles. The average Bonchev–Trinajstić information content (AvgIpc) is 3.33. The highest BCUT2D eigenvalue weighted by Gasteiger charge is 2.73. The molecule has 0 aromatic heterocycles. The van der Waals surface area contributed by atoms with Crippen molar-refractivity contribution in [1.29, 1.82) is 0 Å². The molecular weight excluding hydrogens is 296 g/mol. The molecule has 0 heterocycles. The van der Waals surface area contributed by atoms with Crippen molar-refractivity contribution in [2.24, 2.45) is 35.5 Å². The van der Waals surface area contributed by atoms with Gasteiger partial charge in [0.05, 0.1) is 12.2 Å². The maximum atomic E-state index is 6.11. The van der Waals surface area contributed by atoms with Crippen LogP contribution in [0.1, 0.15) is 23.0 Å². The third-order valence-corrected chi connectivity index (χ3v) is 8.00. The van der Waals surface area contributed by atoms with Crippen LogP contribution < -0.4 is 0 Å². The van der Waals surface area contributed by atoms with Gasteiger partial charge in [0.2, 0.25) is 0 Å². The lowest BCUT2D eigenvalue weighted by atomic mass is 9.61. The van der Waals surface area contributed by atoms with E-state index in [9.17, 15) is 0 Å². The van der Waals surface area contributed by atoms with E-state index in [2.05, 4.69) is 48.6 Å². The Balaban J connectivity index is 1.53. The maximum Gasteiger partial charge on any atom is 0.0714 e. The number of allylic oxidation sites excluding steroid dienone is 4. The second kappa shape index (κ2) is 4.62. The van der Waals surface area contributed by atoms with Crippen molar-refractivity contribution in [3.8, 4) is 0 Å². The summed E-state index contributed by atoms with van der Waals surface area (Å²) in [5, 5.41) is 0. The summed E-state index contributed by atoms with van der Waals surface area (Å²) in [5.74, 6) is 5.20. The van der Waals surface area contributed by atoms with E-state index in [1.54, 1.807) is 11.1 Å². The summed E-state index contributed by atoms with van der Waals surface area (Å²) in [4.78, 5) is 0. The summed E-state index contributed by atoms with van der Waals surface area (Å²) >= 11 is 0. The Labute approximate surface area is 143 Å². The Bertz CT molecular complexity index is 691. The highest BCUT2D eigenvalue weighted by molar-refractivity contribution is 5.49. The van der Waals surface area contributed by atoms with Gasteiger partial charge in [0.25, 0.3) is 0 Å². The maximum absolute atomic E-state index is 6.11. The van der Waals surface area contributed by atoms with Gasteiger partial charge in [-0.2, -0.15) is 0 Å². The molecule has 0 radical (unpaired) electrons. The van der Waals surface area contributed by atoms with E-state index in [0.717, 1.165) is 11.8 Å². The molecule has 124 valence electrons. The lowest BCUT2D eigenvalue weighted by molar-refractivity contribution is 0.0277. The van der Waals surface area contributed by atoms with Crippen LogP contribution >= 0.6 is 0 Å². The lowest BCUT2D eigenvalue weighted by Crippen LogP contribution is -2.36. The summed E-state index contributed by atoms with van der Waals surface area (Å²) in [5.41, 5.74) is 3.12. The van der Waals surface area contributed by atoms with E-state index in [1.165, 1.54) is 0 Å². The van der Waals surface area contributed by atoms with Gasteiger partial charge in [-0.25, -0.2) is 0 Å². The molecule has 0 saturated heterocycles. The molecule has 0 N–H and O–H groups in total. The molecule has 0 amide bonds. The highest BCUT2D eigenvalue weighted by atomic mass is 16.5. The largest absolute Gasteiger partial charge is 0.381 e. The zero-order chi connectivity index (χ0) is 16.0. The van der Waals surface area contributed by atoms with Gasteiger partial charge in [-0.3, -0.25) is 0 Å². The molecule has 1 aromatic carbocycles. The van der Waals surface area contributed by atoms with Gasteiger partial charge < -0.3 is 9.47 Å². The molecular formula is C22H24O2. The molecule has 10 atom stereocenters. The minimum Gasteiger partial charge on any atom is -0.381 e. The second-order valence-corrected chi connectivity index (χ2v) is 8.32. The summed E-state index contributed by atoms with van der Waals surface area (Å²) in [6, 6.07) is 9.11. The van der Waals surface area contributed by atoms with E-state index in [-0.39, 0.29) is 0 Å². The minimum atomic E-state index is 0.369. The van der Waals surface area contributed by atoms with Crippen molar-refractivity contribution in [1.82, 2.24) is 0 Å². The van der Waals surface area contributed by atoms with Crippen LogP contribution in [-0.4, -0.2) is 26.4 Å². The number of rotatable bonds is 2. The van der Waals surface area contributed by atoms with Gasteiger partial charge in [0, 0.05) is 26.1 Å². The fourth-order valence-electron chi connectivity index (χ4n) is 7.68. The fraction of sp³-hybridized carbons (Fsp3) is 0.545. The second-order valence-electron chi connectivity index (χ2n) is 8.32. The molecule has 5 aliphatic carbocycles. The molecule has 3 saturated carbocycles. The van der Waals surface area contributed by atoms with Crippen LogP contribution in [0, 0.1) is 35.5 Å². The third-order valence-electron chi connectivity index (χ3n) is 8.00. The first kappa shape index (κ1) is 13.9. The van der Waals surface area contributed by atoms with Crippen LogP contribution in [0.2, 0.25) is 0 Å². The summed E-state index contributed by atoms with van der Waals surface area (Å²) in [6.45, 7) is 0. The molecule has 5 aliphatic rings. The summed E-state index contributed by atoms with van der Waals surface area (Å²) in [7, 11) is 3.85. The van der Waals surface area contributed by atoms with Crippen LogP contribution in [0.3, 0.4) is 0 Å². The number of hydrogen-bond donors (Lipinski definition) is 0. The summed E-state index contributed by atoms with van der Waals surface area (Å²) in [6.07, 6.45) is 10.2. The van der Waals surface area contributed by atoms with Crippen molar-refractivity contribution in [3.05, 3.63) is 59.7 Å². The zero-order valence-electron chi connectivity index (χ0n) is 14.2. The topological polar surface area (TPSA) is 18.5 Å². The SMILES string of the molecule is COC1[C@@H]2[C@@H]3C=CC=C[C@@H]3[C@H]1[C@@H]1[C@H]2[C@@H]2c3ccccc3[C@H]1C2OC. The molecule has 24 heavy (non-hydrogen) atoms. The molecule has 4 bridgehead atoms. The first-order chi connectivity index (χ1) is 11.9. The zero-order valence-corrected chi connectivity index (χ0v) is 14.2. The molecule has 2 unspecified atom stereocenters. The Hall–Kier alpha value is -1.38. The van der Waals surface area contributed by atoms with Crippen molar-refractivity contribution in [3.63, 3.8) is 0 Å². The van der Waals surface area contributed by atoms with Crippen LogP contribution in [0.25, 0.3) is 0 Å². The smallest absolute Gasteiger partial charge is 0.0714 e. The average molecular weight is 320 g/mol. The van der Waals surface area contributed by atoms with Crippen molar-refractivity contribution in [2.75, 3.05) is 14.2 Å². The van der Waals surface area contributed by atoms with Crippen LogP contribution in [0.4, 0.5) is 0 Å². The molecule has 2 nitrogen and oxygen atoms in total. The van der Waals surface area contributed by atoms with E-state index >= 15 is 0 Å². The Morgan fingerprint density at radius 2 is 1.17 bits per heavy atom. The van der Waals surface area contributed by atoms with Crippen molar-refractivity contribution >= 4 is 0 Å². The Morgan fingerprint density at radius 1 is 0.667 bits per heavy atom. The third kappa shape index (κ3) is 1.35. The van der Waals surface area contributed by atoms with E-state index in [1.807, 2.05) is 14.2 Å². The Morgan fingerprint density at radius 3 is 1.62 bits per heavy atom. The highest BCUT2D eigenvalue weighted by Crippen LogP contribution is 2.74. The van der Waals surface area contributed by atoms with Crippen LogP contribution in [-0.2, 0) is 9.47 Å². The van der Waals surface area contributed by atoms with Gasteiger partial charge in [-0.05, 0) is 46.6 Å². The van der Waals surface area contributed by atoms with E-state index in [0.29, 0.717) is 47.7 Å². The molecule has 0 spiro atoms. The van der Waals surface area contributed by atoms with Crippen molar-refractivity contribution < 1.29 is 9.47 Å². The number of benzene rings is 1. The van der Waals surface area contributed by atoms with E-state index < -0.39 is 0 Å². The van der Waals surface area contributed by atoms with Gasteiger partial charge in [0.15, 0.2) is 0 Å². The summed E-state index contributed by atoms with van der Waals surface area (Å²) < 4.78 is 12.2. The normalized spacial score (nSPS) is 51.8. The van der Waals surface area contributed by atoms with Crippen molar-refractivity contribution in [2.45, 2.75) is 24.0 Å². The number of hydrogen-bond acceptors (Lipinski definition) is 2. The number of ether oxygens (including phenoxy) is 2. The molecule has 2 heteroatoms. The van der Waals surface area contributed by atoms with E-state index in [4.69, 9.17) is 9.47 Å². The predicted molar refractivity (Wildman–Crippen MR) is 92.7 cm³/mol. The fourth-order valence-corrected chi connectivity index (χ4v) is 7.68. The molecule has 3 fully saturated rings.